The maximum atomic E-state index is 13.3. The Hall–Kier alpha value is -2.07. The van der Waals surface area contributed by atoms with Crippen LogP contribution in [0.25, 0.3) is 11.4 Å². The van der Waals surface area contributed by atoms with Gasteiger partial charge in [0, 0.05) is 18.2 Å². The zero-order valence-electron chi connectivity index (χ0n) is 14.2. The van der Waals surface area contributed by atoms with Crippen LogP contribution in [-0.4, -0.2) is 37.4 Å². The first-order chi connectivity index (χ1) is 12.3. The van der Waals surface area contributed by atoms with Crippen LogP contribution in [-0.2, 0) is 10.0 Å². The Morgan fingerprint density at radius 2 is 1.92 bits per heavy atom. The molecule has 26 heavy (non-hydrogen) atoms. The van der Waals surface area contributed by atoms with Crippen LogP contribution in [0.15, 0.2) is 22.7 Å². The van der Waals surface area contributed by atoms with Gasteiger partial charge in [0.1, 0.15) is 0 Å². The number of rotatable bonds is 6. The minimum Gasteiger partial charge on any atom is -0.335 e. The van der Waals surface area contributed by atoms with Gasteiger partial charge in [-0.05, 0) is 49.8 Å². The predicted molar refractivity (Wildman–Crippen MR) is 91.9 cm³/mol. The van der Waals surface area contributed by atoms with E-state index >= 15 is 0 Å². The van der Waals surface area contributed by atoms with Gasteiger partial charge in [-0.1, -0.05) is 5.16 Å². The zero-order valence-corrected chi connectivity index (χ0v) is 15.0. The second kappa shape index (κ2) is 7.67. The minimum atomic E-state index is -3.16. The Kier molecular flexibility index (Phi) is 5.52. The lowest BCUT2D eigenvalue weighted by Crippen LogP contribution is -2.33. The first kappa shape index (κ1) is 18.7. The fourth-order valence-electron chi connectivity index (χ4n) is 2.99. The number of benzene rings is 1. The molecule has 0 radical (unpaired) electrons. The zero-order chi connectivity index (χ0) is 18.7. The predicted octanol–water partition coefficient (Wildman–Crippen LogP) is 2.53. The van der Waals surface area contributed by atoms with E-state index in [1.54, 1.807) is 0 Å². The van der Waals surface area contributed by atoms with E-state index in [4.69, 9.17) is 4.52 Å². The molecule has 10 heteroatoms. The fourth-order valence-corrected chi connectivity index (χ4v) is 3.53. The monoisotopic (exact) mass is 386 g/mol. The van der Waals surface area contributed by atoms with Crippen molar-refractivity contribution >= 4 is 16.0 Å². The maximum Gasteiger partial charge on any atom is 0.322 e. The van der Waals surface area contributed by atoms with Gasteiger partial charge in [0.15, 0.2) is 11.6 Å². The number of halogens is 2. The Morgan fingerprint density at radius 3 is 2.58 bits per heavy atom. The van der Waals surface area contributed by atoms with E-state index in [9.17, 15) is 17.2 Å². The first-order valence-electron chi connectivity index (χ1n) is 8.30. The van der Waals surface area contributed by atoms with E-state index in [2.05, 4.69) is 20.2 Å². The molecule has 3 rings (SSSR count). The topological polar surface area (TPSA) is 97.1 Å². The summed E-state index contributed by atoms with van der Waals surface area (Å²) < 4.78 is 56.2. The number of hydrogen-bond acceptors (Lipinski definition) is 6. The quantitative estimate of drug-likeness (QED) is 0.792. The summed E-state index contributed by atoms with van der Waals surface area (Å²) >= 11 is 0. The molecule has 1 aromatic carbocycles. The maximum absolute atomic E-state index is 13.3. The normalized spacial score (nSPS) is 20.9. The van der Waals surface area contributed by atoms with Crippen molar-refractivity contribution in [3.63, 3.8) is 0 Å². The summed E-state index contributed by atoms with van der Waals surface area (Å²) in [6.07, 6.45) is 4.60. The van der Waals surface area contributed by atoms with Crippen LogP contribution in [0, 0.1) is 17.6 Å². The molecule has 0 aliphatic heterocycles. The van der Waals surface area contributed by atoms with E-state index in [1.807, 2.05) is 0 Å². The second-order valence-electron chi connectivity index (χ2n) is 6.53. The Bertz CT molecular complexity index is 864. The van der Waals surface area contributed by atoms with Gasteiger partial charge < -0.3 is 9.84 Å². The number of nitrogens with one attached hydrogen (secondary N) is 2. The van der Waals surface area contributed by atoms with Crippen LogP contribution in [0.4, 0.5) is 14.8 Å². The minimum absolute atomic E-state index is 0.141. The van der Waals surface area contributed by atoms with Gasteiger partial charge in [-0.3, -0.25) is 0 Å². The van der Waals surface area contributed by atoms with Crippen LogP contribution in [0.2, 0.25) is 0 Å². The summed E-state index contributed by atoms with van der Waals surface area (Å²) in [6, 6.07) is 3.78. The molecule has 1 aliphatic carbocycles. The van der Waals surface area contributed by atoms with Crippen molar-refractivity contribution in [2.45, 2.75) is 31.7 Å². The highest BCUT2D eigenvalue weighted by Crippen LogP contribution is 2.27. The molecule has 0 spiro atoms. The molecule has 0 amide bonds. The lowest BCUT2D eigenvalue weighted by Gasteiger charge is -2.28. The van der Waals surface area contributed by atoms with E-state index < -0.39 is 21.7 Å². The molecule has 1 fully saturated rings. The third-order valence-corrected chi connectivity index (χ3v) is 5.10. The molecule has 0 unspecified atom stereocenters. The van der Waals surface area contributed by atoms with Crippen molar-refractivity contribution in [1.82, 2.24) is 14.9 Å². The lowest BCUT2D eigenvalue weighted by molar-refractivity contribution is 0.330. The number of anilines is 1. The summed E-state index contributed by atoms with van der Waals surface area (Å²) in [7, 11) is -3.16. The molecule has 2 aromatic rings. The SMILES string of the molecule is CS(=O)(=O)NCC1CCC(Nc2nc(-c3ccc(F)c(F)c3)no2)CC1. The second-order valence-corrected chi connectivity index (χ2v) is 8.37. The molecule has 1 aromatic heterocycles. The molecule has 0 atom stereocenters. The molecular formula is C16H20F2N4O3S. The van der Waals surface area contributed by atoms with Crippen molar-refractivity contribution in [1.29, 1.82) is 0 Å². The molecule has 7 nitrogen and oxygen atoms in total. The van der Waals surface area contributed by atoms with E-state index in [0.29, 0.717) is 18.0 Å². The number of hydrogen-bond donors (Lipinski definition) is 2. The highest BCUT2D eigenvalue weighted by Gasteiger charge is 2.23. The average Bonchev–Trinajstić information content (AvgIpc) is 3.04. The van der Waals surface area contributed by atoms with E-state index in [-0.39, 0.29) is 17.9 Å². The summed E-state index contributed by atoms with van der Waals surface area (Å²) in [5.74, 6) is -1.42. The summed E-state index contributed by atoms with van der Waals surface area (Å²) in [5, 5.41) is 6.92. The van der Waals surface area contributed by atoms with Crippen molar-refractivity contribution in [3.05, 3.63) is 29.8 Å². The molecule has 142 valence electrons. The van der Waals surface area contributed by atoms with Crippen molar-refractivity contribution in [2.75, 3.05) is 18.1 Å². The van der Waals surface area contributed by atoms with Crippen molar-refractivity contribution in [3.8, 4) is 11.4 Å². The Balaban J connectivity index is 1.53. The largest absolute Gasteiger partial charge is 0.335 e. The van der Waals surface area contributed by atoms with Crippen molar-refractivity contribution < 1.29 is 21.7 Å². The van der Waals surface area contributed by atoms with Gasteiger partial charge in [-0.15, -0.1) is 0 Å². The summed E-state index contributed by atoms with van der Waals surface area (Å²) in [6.45, 7) is 0.451. The third kappa shape index (κ3) is 4.98. The van der Waals surface area contributed by atoms with Gasteiger partial charge in [-0.25, -0.2) is 21.9 Å². The molecular weight excluding hydrogens is 366 g/mol. The van der Waals surface area contributed by atoms with Gasteiger partial charge >= 0.3 is 6.01 Å². The van der Waals surface area contributed by atoms with Gasteiger partial charge in [-0.2, -0.15) is 4.98 Å². The highest BCUT2D eigenvalue weighted by atomic mass is 32.2. The molecule has 0 saturated heterocycles. The first-order valence-corrected chi connectivity index (χ1v) is 10.2. The summed E-state index contributed by atoms with van der Waals surface area (Å²) in [4.78, 5) is 4.16. The van der Waals surface area contributed by atoms with Crippen LogP contribution in [0.1, 0.15) is 25.7 Å². The fraction of sp³-hybridized carbons (Fsp3) is 0.500. The Morgan fingerprint density at radius 1 is 1.19 bits per heavy atom. The standard InChI is InChI=1S/C16H20F2N4O3S/c1-26(23,24)19-9-10-2-5-12(6-3-10)20-16-21-15(22-25-16)11-4-7-13(17)14(18)8-11/h4,7-8,10,12,19H,2-3,5-6,9H2,1H3,(H,20,21,22). The smallest absolute Gasteiger partial charge is 0.322 e. The van der Waals surface area contributed by atoms with Crippen LogP contribution >= 0.6 is 0 Å². The highest BCUT2D eigenvalue weighted by molar-refractivity contribution is 7.88. The molecule has 1 aliphatic rings. The van der Waals surface area contributed by atoms with Gasteiger partial charge in [0.05, 0.1) is 6.26 Å². The number of sulfonamides is 1. The lowest BCUT2D eigenvalue weighted by atomic mass is 9.86. The Labute approximate surface area is 150 Å². The van der Waals surface area contributed by atoms with Crippen LogP contribution in [0.5, 0.6) is 0 Å². The van der Waals surface area contributed by atoms with E-state index in [0.717, 1.165) is 44.1 Å². The van der Waals surface area contributed by atoms with Crippen LogP contribution in [0.3, 0.4) is 0 Å². The van der Waals surface area contributed by atoms with Crippen LogP contribution < -0.4 is 10.0 Å². The van der Waals surface area contributed by atoms with Gasteiger partial charge in [0.25, 0.3) is 0 Å². The number of aromatic nitrogens is 2. The van der Waals surface area contributed by atoms with Gasteiger partial charge in [0.2, 0.25) is 15.8 Å². The average molecular weight is 386 g/mol. The molecule has 0 bridgehead atoms. The third-order valence-electron chi connectivity index (χ3n) is 4.41. The molecule has 1 saturated carbocycles. The van der Waals surface area contributed by atoms with Crippen molar-refractivity contribution in [2.24, 2.45) is 5.92 Å². The molecule has 1 heterocycles. The summed E-state index contributed by atoms with van der Waals surface area (Å²) in [5.41, 5.74) is 0.330. The number of nitrogens with zero attached hydrogens (tertiary/aromatic N) is 2. The van der Waals surface area contributed by atoms with E-state index in [1.165, 1.54) is 6.07 Å². The molecule has 2 N–H and O–H groups in total.